The first-order valence-corrected chi connectivity index (χ1v) is 11.9. The highest BCUT2D eigenvalue weighted by Gasteiger charge is 2.47. The highest BCUT2D eigenvalue weighted by Crippen LogP contribution is 2.43. The van der Waals surface area contributed by atoms with Crippen LogP contribution in [0.5, 0.6) is 0 Å². The summed E-state index contributed by atoms with van der Waals surface area (Å²) in [6.07, 6.45) is 5.83. The van der Waals surface area contributed by atoms with Gasteiger partial charge in [-0.15, -0.1) is 0 Å². The predicted molar refractivity (Wildman–Crippen MR) is 127 cm³/mol. The largest absolute Gasteiger partial charge is 0.503 e. The van der Waals surface area contributed by atoms with Crippen LogP contribution < -0.4 is 0 Å². The summed E-state index contributed by atoms with van der Waals surface area (Å²) in [5.41, 5.74) is 2.60. The van der Waals surface area contributed by atoms with Gasteiger partial charge in [-0.05, 0) is 54.7 Å². The zero-order valence-corrected chi connectivity index (χ0v) is 19.3. The Morgan fingerprint density at radius 3 is 2.52 bits per heavy atom. The van der Waals surface area contributed by atoms with Crippen molar-refractivity contribution < 1.29 is 19.1 Å². The minimum absolute atomic E-state index is 0.0102. The number of halogens is 1. The van der Waals surface area contributed by atoms with E-state index < -0.39 is 23.5 Å². The summed E-state index contributed by atoms with van der Waals surface area (Å²) < 4.78 is 5.80. The van der Waals surface area contributed by atoms with Gasteiger partial charge in [0.25, 0.3) is 5.91 Å². The zero-order valence-electron chi connectivity index (χ0n) is 18.5. The van der Waals surface area contributed by atoms with Gasteiger partial charge in [0.15, 0.2) is 11.5 Å². The molecule has 3 aromatic rings. The molecule has 33 heavy (non-hydrogen) atoms. The lowest BCUT2D eigenvalue weighted by molar-refractivity contribution is -0.132. The molecule has 1 saturated carbocycles. The van der Waals surface area contributed by atoms with Crippen molar-refractivity contribution in [3.8, 4) is 0 Å². The maximum Gasteiger partial charge on any atom is 0.290 e. The Balaban J connectivity index is 1.60. The van der Waals surface area contributed by atoms with E-state index >= 15 is 0 Å². The minimum Gasteiger partial charge on any atom is -0.503 e. The lowest BCUT2D eigenvalue weighted by Gasteiger charge is -2.36. The molecule has 0 spiro atoms. The molecule has 1 aliphatic carbocycles. The number of carbonyl (C=O) groups excluding carboxylic acids is 2. The number of amides is 1. The fraction of sp³-hybridized carbons (Fsp3) is 0.333. The summed E-state index contributed by atoms with van der Waals surface area (Å²) in [6.45, 7) is 2.08. The first-order valence-electron chi connectivity index (χ1n) is 11.6. The second-order valence-electron chi connectivity index (χ2n) is 8.89. The first kappa shape index (κ1) is 21.8. The van der Waals surface area contributed by atoms with Crippen LogP contribution in [0.1, 0.15) is 66.8 Å². The van der Waals surface area contributed by atoms with Crippen LogP contribution in [-0.4, -0.2) is 27.7 Å². The van der Waals surface area contributed by atoms with E-state index in [4.69, 9.17) is 16.0 Å². The summed E-state index contributed by atoms with van der Waals surface area (Å²) in [5.74, 6) is -1.35. The van der Waals surface area contributed by atoms with Crippen molar-refractivity contribution in [2.75, 3.05) is 0 Å². The summed E-state index contributed by atoms with van der Waals surface area (Å²) in [7, 11) is 0. The van der Waals surface area contributed by atoms with Crippen molar-refractivity contribution in [2.24, 2.45) is 0 Å². The standard InChI is InChI=1S/C27H26ClNO4/c1-2-16-8-10-17(11-9-16)24-23(26(31)27(32)29(24)20-6-4-3-5-7-20)25(30)22-15-18-14-19(28)12-13-21(18)33-22/h8-15,20,24,31H,2-7H2,1H3. The number of ketones is 1. The van der Waals surface area contributed by atoms with Gasteiger partial charge in [0, 0.05) is 16.5 Å². The molecule has 1 fully saturated rings. The van der Waals surface area contributed by atoms with Crippen LogP contribution in [0.15, 0.2) is 64.3 Å². The van der Waals surface area contributed by atoms with E-state index in [1.165, 1.54) is 5.56 Å². The summed E-state index contributed by atoms with van der Waals surface area (Å²) >= 11 is 6.08. The zero-order chi connectivity index (χ0) is 23.1. The number of hydrogen-bond acceptors (Lipinski definition) is 4. The van der Waals surface area contributed by atoms with Gasteiger partial charge in [0.1, 0.15) is 5.58 Å². The van der Waals surface area contributed by atoms with Crippen LogP contribution >= 0.6 is 11.6 Å². The molecule has 1 aliphatic heterocycles. The average Bonchev–Trinajstić information content (AvgIpc) is 3.38. The van der Waals surface area contributed by atoms with Gasteiger partial charge in [-0.25, -0.2) is 0 Å². The number of hydrogen-bond donors (Lipinski definition) is 1. The third-order valence-electron chi connectivity index (χ3n) is 6.86. The second kappa shape index (κ2) is 8.71. The van der Waals surface area contributed by atoms with Crippen LogP contribution in [0.25, 0.3) is 11.0 Å². The molecule has 1 amide bonds. The van der Waals surface area contributed by atoms with Gasteiger partial charge in [-0.3, -0.25) is 9.59 Å². The fourth-order valence-electron chi connectivity index (χ4n) is 5.11. The van der Waals surface area contributed by atoms with Gasteiger partial charge < -0.3 is 14.4 Å². The number of nitrogens with zero attached hydrogens (tertiary/aromatic N) is 1. The monoisotopic (exact) mass is 463 g/mol. The first-order chi connectivity index (χ1) is 16.0. The SMILES string of the molecule is CCc1ccc(C2C(C(=O)c3cc4cc(Cl)ccc4o3)=C(O)C(=O)N2C2CCCCC2)cc1. The molecule has 2 aliphatic rings. The van der Waals surface area contributed by atoms with Crippen LogP contribution in [0.4, 0.5) is 0 Å². The van der Waals surface area contributed by atoms with Gasteiger partial charge in [-0.2, -0.15) is 0 Å². The van der Waals surface area contributed by atoms with Crippen molar-refractivity contribution in [3.63, 3.8) is 0 Å². The van der Waals surface area contributed by atoms with E-state index in [9.17, 15) is 14.7 Å². The van der Waals surface area contributed by atoms with Gasteiger partial charge in [-0.1, -0.05) is 62.1 Å². The molecule has 2 heterocycles. The molecule has 170 valence electrons. The Morgan fingerprint density at radius 1 is 1.09 bits per heavy atom. The summed E-state index contributed by atoms with van der Waals surface area (Å²) in [5, 5.41) is 12.2. The number of aryl methyl sites for hydroxylation is 1. The maximum atomic E-state index is 13.7. The highest BCUT2D eigenvalue weighted by molar-refractivity contribution is 6.31. The highest BCUT2D eigenvalue weighted by atomic mass is 35.5. The van der Waals surface area contributed by atoms with Gasteiger partial charge in [0.2, 0.25) is 5.78 Å². The smallest absolute Gasteiger partial charge is 0.290 e. The Morgan fingerprint density at radius 2 is 1.82 bits per heavy atom. The van der Waals surface area contributed by atoms with Crippen LogP contribution in [0.3, 0.4) is 0 Å². The van der Waals surface area contributed by atoms with Gasteiger partial charge >= 0.3 is 0 Å². The predicted octanol–water partition coefficient (Wildman–Crippen LogP) is 6.56. The third-order valence-corrected chi connectivity index (χ3v) is 7.10. The number of aliphatic hydroxyl groups excluding tert-OH is 1. The Bertz CT molecular complexity index is 1250. The topological polar surface area (TPSA) is 70.7 Å². The lowest BCUT2D eigenvalue weighted by Crippen LogP contribution is -2.41. The van der Waals surface area contributed by atoms with Crippen molar-refractivity contribution in [1.82, 2.24) is 4.90 Å². The van der Waals surface area contributed by atoms with E-state index in [0.29, 0.717) is 16.0 Å². The van der Waals surface area contributed by atoms with E-state index in [1.54, 1.807) is 29.2 Å². The van der Waals surface area contributed by atoms with Crippen molar-refractivity contribution in [3.05, 3.63) is 81.8 Å². The maximum absolute atomic E-state index is 13.7. The molecule has 0 saturated heterocycles. The molecule has 0 bridgehead atoms. The van der Waals surface area contributed by atoms with E-state index in [1.807, 2.05) is 24.3 Å². The lowest BCUT2D eigenvalue weighted by atomic mass is 9.90. The van der Waals surface area contributed by atoms with Crippen molar-refractivity contribution >= 4 is 34.3 Å². The number of rotatable bonds is 5. The minimum atomic E-state index is -0.643. The molecular formula is C27H26ClNO4. The number of aliphatic hydroxyl groups is 1. The van der Waals surface area contributed by atoms with Crippen LogP contribution in [0.2, 0.25) is 5.02 Å². The number of Topliss-reactive ketones (excluding diaryl/α,β-unsaturated/α-hetero) is 1. The summed E-state index contributed by atoms with van der Waals surface area (Å²) in [6, 6.07) is 14.0. The second-order valence-corrected chi connectivity index (χ2v) is 9.32. The van der Waals surface area contributed by atoms with Crippen molar-refractivity contribution in [1.29, 1.82) is 0 Å². The van der Waals surface area contributed by atoms with Crippen LogP contribution in [-0.2, 0) is 11.2 Å². The molecule has 1 N–H and O–H groups in total. The Kier molecular flexibility index (Phi) is 5.75. The average molecular weight is 464 g/mol. The number of benzene rings is 2. The van der Waals surface area contributed by atoms with Gasteiger partial charge in [0.05, 0.1) is 11.6 Å². The quantitative estimate of drug-likeness (QED) is 0.435. The Labute approximate surface area is 197 Å². The van der Waals surface area contributed by atoms with E-state index in [2.05, 4.69) is 6.92 Å². The third kappa shape index (κ3) is 3.84. The molecule has 0 radical (unpaired) electrons. The Hall–Kier alpha value is -3.05. The number of furan rings is 1. The number of carbonyl (C=O) groups is 2. The van der Waals surface area contributed by atoms with Crippen LogP contribution in [0, 0.1) is 0 Å². The molecule has 5 nitrogen and oxygen atoms in total. The summed E-state index contributed by atoms with van der Waals surface area (Å²) in [4.78, 5) is 28.7. The molecule has 1 unspecified atom stereocenters. The van der Waals surface area contributed by atoms with E-state index in [-0.39, 0.29) is 17.4 Å². The van der Waals surface area contributed by atoms with Crippen molar-refractivity contribution in [2.45, 2.75) is 57.5 Å². The number of fused-ring (bicyclic) bond motifs is 1. The molecule has 5 rings (SSSR count). The molecule has 2 aromatic carbocycles. The molecule has 6 heteroatoms. The fourth-order valence-corrected chi connectivity index (χ4v) is 5.29. The molecular weight excluding hydrogens is 438 g/mol. The molecule has 1 aromatic heterocycles. The normalized spacial score (nSPS) is 19.6. The molecule has 1 atom stereocenters. The van der Waals surface area contributed by atoms with E-state index in [0.717, 1.165) is 44.1 Å².